The molecule has 29 heavy (non-hydrogen) atoms. The number of benzene rings is 1. The van der Waals surface area contributed by atoms with E-state index in [4.69, 9.17) is 4.74 Å². The first-order chi connectivity index (χ1) is 14.2. The van der Waals surface area contributed by atoms with Gasteiger partial charge >= 0.3 is 0 Å². The number of hydrogen-bond acceptors (Lipinski definition) is 4. The lowest BCUT2D eigenvalue weighted by molar-refractivity contribution is -0.148. The molecule has 1 amide bonds. The Bertz CT molecular complexity index is 639. The highest BCUT2D eigenvalue weighted by Crippen LogP contribution is 2.32. The Kier molecular flexibility index (Phi) is 7.22. The van der Waals surface area contributed by atoms with Crippen molar-refractivity contribution in [2.75, 3.05) is 52.9 Å². The average molecular weight is 400 g/mol. The molecule has 3 aliphatic rings. The molecule has 4 rings (SSSR count). The Morgan fingerprint density at radius 3 is 2.48 bits per heavy atom. The van der Waals surface area contributed by atoms with Crippen LogP contribution in [-0.2, 0) is 9.53 Å². The minimum absolute atomic E-state index is 0.0375. The van der Waals surface area contributed by atoms with Crippen molar-refractivity contribution >= 4 is 5.91 Å². The summed E-state index contributed by atoms with van der Waals surface area (Å²) in [5.41, 5.74) is 1.21. The van der Waals surface area contributed by atoms with Crippen LogP contribution in [0.25, 0.3) is 0 Å². The van der Waals surface area contributed by atoms with Crippen LogP contribution in [0.4, 0.5) is 0 Å². The van der Waals surface area contributed by atoms with Crippen molar-refractivity contribution in [3.05, 3.63) is 35.9 Å². The first-order valence-electron chi connectivity index (χ1n) is 11.6. The van der Waals surface area contributed by atoms with Crippen molar-refractivity contribution in [1.29, 1.82) is 0 Å². The Labute approximate surface area is 176 Å². The topological polar surface area (TPSA) is 36.0 Å². The Balaban J connectivity index is 1.43. The van der Waals surface area contributed by atoms with Gasteiger partial charge in [0.25, 0.3) is 0 Å². The van der Waals surface area contributed by atoms with Crippen LogP contribution in [0.5, 0.6) is 0 Å². The van der Waals surface area contributed by atoms with Gasteiger partial charge < -0.3 is 19.4 Å². The van der Waals surface area contributed by atoms with Crippen LogP contribution in [0.15, 0.2) is 30.3 Å². The molecule has 0 N–H and O–H groups in total. The van der Waals surface area contributed by atoms with E-state index in [9.17, 15) is 4.79 Å². The number of amides is 1. The molecule has 0 aliphatic carbocycles. The van der Waals surface area contributed by atoms with Gasteiger partial charge in [-0.2, -0.15) is 0 Å². The van der Waals surface area contributed by atoms with E-state index >= 15 is 0 Å². The van der Waals surface area contributed by atoms with Crippen molar-refractivity contribution in [1.82, 2.24) is 14.7 Å². The lowest BCUT2D eigenvalue weighted by Crippen LogP contribution is -2.51. The zero-order valence-electron chi connectivity index (χ0n) is 18.0. The number of rotatable bonds is 6. The second kappa shape index (κ2) is 10.1. The molecule has 2 atom stereocenters. The third-order valence-electron chi connectivity index (χ3n) is 7.05. The maximum absolute atomic E-state index is 13.3. The number of hydrogen-bond donors (Lipinski definition) is 0. The van der Waals surface area contributed by atoms with Crippen LogP contribution >= 0.6 is 0 Å². The summed E-state index contributed by atoms with van der Waals surface area (Å²) in [6.45, 7) is 6.95. The maximum Gasteiger partial charge on any atom is 0.223 e. The molecule has 1 aromatic rings. The summed E-state index contributed by atoms with van der Waals surface area (Å²) in [6.07, 6.45) is 6.79. The van der Waals surface area contributed by atoms with Gasteiger partial charge in [0.2, 0.25) is 5.91 Å². The van der Waals surface area contributed by atoms with E-state index in [1.165, 1.54) is 44.3 Å². The van der Waals surface area contributed by atoms with E-state index in [1.807, 2.05) is 0 Å². The molecule has 3 fully saturated rings. The van der Waals surface area contributed by atoms with Crippen molar-refractivity contribution in [2.24, 2.45) is 5.92 Å². The highest BCUT2D eigenvalue weighted by Gasteiger charge is 2.37. The first kappa shape index (κ1) is 20.8. The Morgan fingerprint density at radius 2 is 1.76 bits per heavy atom. The SMILES string of the molecule is CN1CCC(CCC(=O)N2CCO[C@@H](CN3CCCC3)[C@@H]2c2ccccc2)CC1. The largest absolute Gasteiger partial charge is 0.373 e. The fourth-order valence-corrected chi connectivity index (χ4v) is 5.25. The summed E-state index contributed by atoms with van der Waals surface area (Å²) in [5, 5.41) is 0. The second-order valence-electron chi connectivity index (χ2n) is 9.14. The molecule has 0 bridgehead atoms. The van der Waals surface area contributed by atoms with E-state index in [0.717, 1.165) is 26.1 Å². The maximum atomic E-state index is 13.3. The molecule has 3 saturated heterocycles. The van der Waals surface area contributed by atoms with Gasteiger partial charge in [-0.1, -0.05) is 30.3 Å². The van der Waals surface area contributed by atoms with Gasteiger partial charge in [0, 0.05) is 19.5 Å². The standard InChI is InChI=1S/C24H37N3O2/c1-25-15-11-20(12-16-25)9-10-23(28)27-17-18-29-22(19-26-13-5-6-14-26)24(27)21-7-3-2-4-8-21/h2-4,7-8,20,22,24H,5-6,9-19H2,1H3/t22-,24-/m0/s1. The van der Waals surface area contributed by atoms with Crippen molar-refractivity contribution in [3.63, 3.8) is 0 Å². The van der Waals surface area contributed by atoms with Crippen LogP contribution in [0, 0.1) is 5.92 Å². The molecule has 3 aliphatic heterocycles. The molecule has 5 nitrogen and oxygen atoms in total. The quantitative estimate of drug-likeness (QED) is 0.736. The third-order valence-corrected chi connectivity index (χ3v) is 7.05. The molecule has 3 heterocycles. The zero-order chi connectivity index (χ0) is 20.1. The molecule has 160 valence electrons. The lowest BCUT2D eigenvalue weighted by atomic mass is 9.91. The van der Waals surface area contributed by atoms with E-state index in [-0.39, 0.29) is 12.1 Å². The second-order valence-corrected chi connectivity index (χ2v) is 9.14. The molecule has 1 aromatic carbocycles. The smallest absolute Gasteiger partial charge is 0.223 e. The van der Waals surface area contributed by atoms with E-state index in [1.54, 1.807) is 0 Å². The summed E-state index contributed by atoms with van der Waals surface area (Å²) in [7, 11) is 2.19. The van der Waals surface area contributed by atoms with Gasteiger partial charge in [0.15, 0.2) is 0 Å². The van der Waals surface area contributed by atoms with E-state index in [2.05, 4.69) is 52.1 Å². The van der Waals surface area contributed by atoms with Crippen molar-refractivity contribution in [2.45, 2.75) is 50.7 Å². The number of morpholine rings is 1. The first-order valence-corrected chi connectivity index (χ1v) is 11.6. The number of ether oxygens (including phenoxy) is 1. The van der Waals surface area contributed by atoms with Crippen LogP contribution in [0.3, 0.4) is 0 Å². The minimum atomic E-state index is 0.0375. The Hall–Kier alpha value is -1.43. The summed E-state index contributed by atoms with van der Waals surface area (Å²) >= 11 is 0. The molecule has 5 heteroatoms. The molecule has 0 saturated carbocycles. The summed E-state index contributed by atoms with van der Waals surface area (Å²) in [4.78, 5) is 20.4. The number of nitrogens with zero attached hydrogens (tertiary/aromatic N) is 3. The molecular weight excluding hydrogens is 362 g/mol. The zero-order valence-corrected chi connectivity index (χ0v) is 18.0. The fourth-order valence-electron chi connectivity index (χ4n) is 5.25. The molecule has 0 radical (unpaired) electrons. The predicted octanol–water partition coefficient (Wildman–Crippen LogP) is 3.17. The summed E-state index contributed by atoms with van der Waals surface area (Å²) in [6, 6.07) is 10.6. The van der Waals surface area contributed by atoms with Gasteiger partial charge in [-0.15, -0.1) is 0 Å². The molecule has 0 unspecified atom stereocenters. The third kappa shape index (κ3) is 5.39. The summed E-state index contributed by atoms with van der Waals surface area (Å²) in [5.74, 6) is 1.01. The van der Waals surface area contributed by atoms with Gasteiger partial charge in [-0.3, -0.25) is 4.79 Å². The molecule has 0 spiro atoms. The number of likely N-dealkylation sites (tertiary alicyclic amines) is 2. The Morgan fingerprint density at radius 1 is 1.03 bits per heavy atom. The van der Waals surface area contributed by atoms with Crippen LogP contribution in [0.2, 0.25) is 0 Å². The van der Waals surface area contributed by atoms with Crippen molar-refractivity contribution in [3.8, 4) is 0 Å². The minimum Gasteiger partial charge on any atom is -0.373 e. The lowest BCUT2D eigenvalue weighted by Gasteiger charge is -2.43. The number of carbonyl (C=O) groups is 1. The molecule has 0 aromatic heterocycles. The molecular formula is C24H37N3O2. The van der Waals surface area contributed by atoms with Gasteiger partial charge in [0.1, 0.15) is 0 Å². The monoisotopic (exact) mass is 399 g/mol. The number of carbonyl (C=O) groups excluding carboxylic acids is 1. The summed E-state index contributed by atoms with van der Waals surface area (Å²) < 4.78 is 6.25. The van der Waals surface area contributed by atoms with Gasteiger partial charge in [-0.05, 0) is 76.8 Å². The van der Waals surface area contributed by atoms with Gasteiger partial charge in [0.05, 0.1) is 18.8 Å². The van der Waals surface area contributed by atoms with Gasteiger partial charge in [-0.25, -0.2) is 0 Å². The highest BCUT2D eigenvalue weighted by molar-refractivity contribution is 5.77. The average Bonchev–Trinajstić information content (AvgIpc) is 3.27. The van der Waals surface area contributed by atoms with Crippen LogP contribution in [0.1, 0.15) is 50.1 Å². The van der Waals surface area contributed by atoms with Crippen LogP contribution < -0.4 is 0 Å². The van der Waals surface area contributed by atoms with Crippen molar-refractivity contribution < 1.29 is 9.53 Å². The normalized spacial score (nSPS) is 27.4. The van der Waals surface area contributed by atoms with Crippen LogP contribution in [-0.4, -0.2) is 79.6 Å². The fraction of sp³-hybridized carbons (Fsp3) is 0.708. The van der Waals surface area contributed by atoms with E-state index < -0.39 is 0 Å². The highest BCUT2D eigenvalue weighted by atomic mass is 16.5. The van der Waals surface area contributed by atoms with E-state index in [0.29, 0.717) is 31.4 Å². The predicted molar refractivity (Wildman–Crippen MR) is 116 cm³/mol. The number of piperidine rings is 1.